The van der Waals surface area contributed by atoms with E-state index in [4.69, 9.17) is 10.5 Å². The molecule has 1 aliphatic rings. The van der Waals surface area contributed by atoms with Gasteiger partial charge < -0.3 is 10.5 Å². The molecular formula is C11H20N4O. The van der Waals surface area contributed by atoms with E-state index >= 15 is 0 Å². The van der Waals surface area contributed by atoms with E-state index in [1.54, 1.807) is 0 Å². The van der Waals surface area contributed by atoms with Crippen LogP contribution in [-0.2, 0) is 11.3 Å². The average molecular weight is 224 g/mol. The van der Waals surface area contributed by atoms with Crippen LogP contribution in [0.1, 0.15) is 18.7 Å². The number of hydrogen-bond donors (Lipinski definition) is 1. The van der Waals surface area contributed by atoms with Crippen LogP contribution in [0.15, 0.2) is 12.3 Å². The summed E-state index contributed by atoms with van der Waals surface area (Å²) in [4.78, 5) is 2.30. The predicted octanol–water partition coefficient (Wildman–Crippen LogP) is 0.233. The van der Waals surface area contributed by atoms with E-state index in [9.17, 15) is 0 Å². The maximum absolute atomic E-state index is 5.77. The van der Waals surface area contributed by atoms with Crippen LogP contribution in [0, 0.1) is 0 Å². The first-order valence-corrected chi connectivity index (χ1v) is 5.81. The maximum Gasteiger partial charge on any atom is 0.0909 e. The Morgan fingerprint density at radius 3 is 3.12 bits per heavy atom. The van der Waals surface area contributed by atoms with Gasteiger partial charge in [-0.1, -0.05) is 0 Å². The molecule has 2 N–H and O–H groups in total. The van der Waals surface area contributed by atoms with Gasteiger partial charge >= 0.3 is 0 Å². The van der Waals surface area contributed by atoms with Crippen molar-refractivity contribution in [2.24, 2.45) is 5.73 Å². The van der Waals surface area contributed by atoms with Crippen LogP contribution in [0.5, 0.6) is 0 Å². The summed E-state index contributed by atoms with van der Waals surface area (Å²) in [5.74, 6) is 0. The molecular weight excluding hydrogens is 204 g/mol. The van der Waals surface area contributed by atoms with Gasteiger partial charge in [-0.15, -0.1) is 0 Å². The second-order valence-electron chi connectivity index (χ2n) is 4.14. The summed E-state index contributed by atoms with van der Waals surface area (Å²) in [6, 6.07) is 2.28. The van der Waals surface area contributed by atoms with Crippen molar-refractivity contribution < 1.29 is 4.74 Å². The molecule has 90 valence electrons. The molecule has 0 amide bonds. The van der Waals surface area contributed by atoms with Crippen molar-refractivity contribution in [3.8, 4) is 0 Å². The second kappa shape index (κ2) is 4.95. The Balaban J connectivity index is 2.28. The van der Waals surface area contributed by atoms with Gasteiger partial charge in [0.2, 0.25) is 0 Å². The van der Waals surface area contributed by atoms with E-state index in [1.165, 1.54) is 5.69 Å². The van der Waals surface area contributed by atoms with E-state index in [0.717, 1.165) is 19.7 Å². The lowest BCUT2D eigenvalue weighted by Crippen LogP contribution is -2.47. The van der Waals surface area contributed by atoms with Gasteiger partial charge in [-0.3, -0.25) is 9.58 Å². The summed E-state index contributed by atoms with van der Waals surface area (Å²) in [5, 5.41) is 4.31. The summed E-state index contributed by atoms with van der Waals surface area (Å²) in [6.07, 6.45) is 1.91. The SMILES string of the molecule is CCn1nccc1C1C(CN)OCCN1C. The first kappa shape index (κ1) is 11.6. The van der Waals surface area contributed by atoms with Gasteiger partial charge in [0.05, 0.1) is 24.4 Å². The number of nitrogens with zero attached hydrogens (tertiary/aromatic N) is 3. The fourth-order valence-corrected chi connectivity index (χ4v) is 2.33. The van der Waals surface area contributed by atoms with Crippen molar-refractivity contribution in [1.82, 2.24) is 14.7 Å². The molecule has 1 saturated heterocycles. The van der Waals surface area contributed by atoms with Crippen molar-refractivity contribution in [2.45, 2.75) is 25.6 Å². The van der Waals surface area contributed by atoms with Crippen LogP contribution >= 0.6 is 0 Å². The van der Waals surface area contributed by atoms with Gasteiger partial charge in [0.15, 0.2) is 0 Å². The Hall–Kier alpha value is -0.910. The molecule has 1 aromatic heterocycles. The van der Waals surface area contributed by atoms with Crippen molar-refractivity contribution in [2.75, 3.05) is 26.7 Å². The van der Waals surface area contributed by atoms with Crippen LogP contribution in [0.4, 0.5) is 0 Å². The molecule has 1 aromatic rings. The number of morpholine rings is 1. The number of aromatic nitrogens is 2. The summed E-state index contributed by atoms with van der Waals surface area (Å²) in [5.41, 5.74) is 6.97. The first-order valence-electron chi connectivity index (χ1n) is 5.81. The number of rotatable bonds is 3. The van der Waals surface area contributed by atoms with Gasteiger partial charge in [-0.2, -0.15) is 5.10 Å². The standard InChI is InChI=1S/C11H20N4O/c1-3-15-9(4-5-13-15)11-10(8-12)16-7-6-14(11)2/h4-5,10-11H,3,6-8,12H2,1-2H3. The average Bonchev–Trinajstić information content (AvgIpc) is 2.76. The molecule has 0 spiro atoms. The van der Waals surface area contributed by atoms with E-state index in [0.29, 0.717) is 6.54 Å². The van der Waals surface area contributed by atoms with Crippen molar-refractivity contribution >= 4 is 0 Å². The molecule has 1 fully saturated rings. The molecule has 2 rings (SSSR count). The predicted molar refractivity (Wildman–Crippen MR) is 62.1 cm³/mol. The lowest BCUT2D eigenvalue weighted by atomic mass is 10.0. The van der Waals surface area contributed by atoms with E-state index in [1.807, 2.05) is 10.9 Å². The van der Waals surface area contributed by atoms with E-state index < -0.39 is 0 Å². The van der Waals surface area contributed by atoms with Crippen molar-refractivity contribution in [3.05, 3.63) is 18.0 Å². The zero-order valence-corrected chi connectivity index (χ0v) is 9.97. The largest absolute Gasteiger partial charge is 0.374 e. The molecule has 0 bridgehead atoms. The third-order valence-electron chi connectivity index (χ3n) is 3.19. The quantitative estimate of drug-likeness (QED) is 0.798. The molecule has 0 aliphatic carbocycles. The van der Waals surface area contributed by atoms with Crippen molar-refractivity contribution in [3.63, 3.8) is 0 Å². The minimum absolute atomic E-state index is 0.0701. The highest BCUT2D eigenvalue weighted by Crippen LogP contribution is 2.27. The Bertz CT molecular complexity index is 338. The number of likely N-dealkylation sites (N-methyl/N-ethyl adjacent to an activating group) is 1. The van der Waals surface area contributed by atoms with Gasteiger partial charge in [0, 0.05) is 25.8 Å². The molecule has 0 aromatic carbocycles. The molecule has 0 saturated carbocycles. The topological polar surface area (TPSA) is 56.3 Å². The highest BCUT2D eigenvalue weighted by atomic mass is 16.5. The number of aryl methyl sites for hydroxylation is 1. The Morgan fingerprint density at radius 1 is 1.62 bits per heavy atom. The smallest absolute Gasteiger partial charge is 0.0909 e. The number of hydrogen-bond acceptors (Lipinski definition) is 4. The fraction of sp³-hybridized carbons (Fsp3) is 0.727. The molecule has 1 aliphatic heterocycles. The second-order valence-corrected chi connectivity index (χ2v) is 4.14. The summed E-state index contributed by atoms with van der Waals surface area (Å²) in [6.45, 7) is 5.22. The van der Waals surface area contributed by atoms with Crippen LogP contribution in [0.3, 0.4) is 0 Å². The molecule has 5 heteroatoms. The zero-order chi connectivity index (χ0) is 11.5. The minimum atomic E-state index is 0.0701. The number of nitrogens with two attached hydrogens (primary N) is 1. The molecule has 2 atom stereocenters. The normalized spacial score (nSPS) is 27.2. The molecule has 2 heterocycles. The maximum atomic E-state index is 5.77. The van der Waals surface area contributed by atoms with Crippen molar-refractivity contribution in [1.29, 1.82) is 0 Å². The van der Waals surface area contributed by atoms with Gasteiger partial charge in [-0.25, -0.2) is 0 Å². The van der Waals surface area contributed by atoms with Crippen LogP contribution in [0.2, 0.25) is 0 Å². The first-order chi connectivity index (χ1) is 7.77. The van der Waals surface area contributed by atoms with Crippen LogP contribution in [-0.4, -0.2) is 47.5 Å². The monoisotopic (exact) mass is 224 g/mol. The lowest BCUT2D eigenvalue weighted by molar-refractivity contribution is -0.0603. The Morgan fingerprint density at radius 2 is 2.44 bits per heavy atom. The van der Waals surface area contributed by atoms with Gasteiger partial charge in [0.1, 0.15) is 0 Å². The molecule has 16 heavy (non-hydrogen) atoms. The highest BCUT2D eigenvalue weighted by molar-refractivity contribution is 5.10. The molecule has 5 nitrogen and oxygen atoms in total. The molecule has 2 unspecified atom stereocenters. The Kier molecular flexibility index (Phi) is 3.58. The third kappa shape index (κ3) is 1.98. The summed E-state index contributed by atoms with van der Waals surface area (Å²) in [7, 11) is 2.11. The molecule has 0 radical (unpaired) electrons. The highest BCUT2D eigenvalue weighted by Gasteiger charge is 2.32. The van der Waals surface area contributed by atoms with E-state index in [2.05, 4.69) is 30.0 Å². The number of ether oxygens (including phenoxy) is 1. The van der Waals surface area contributed by atoms with Gasteiger partial charge in [0.25, 0.3) is 0 Å². The third-order valence-corrected chi connectivity index (χ3v) is 3.19. The lowest BCUT2D eigenvalue weighted by Gasteiger charge is -2.38. The van der Waals surface area contributed by atoms with Gasteiger partial charge in [-0.05, 0) is 20.0 Å². The van der Waals surface area contributed by atoms with Crippen LogP contribution in [0.25, 0.3) is 0 Å². The summed E-state index contributed by atoms with van der Waals surface area (Å²) < 4.78 is 7.74. The fourth-order valence-electron chi connectivity index (χ4n) is 2.33. The zero-order valence-electron chi connectivity index (χ0n) is 9.97. The summed E-state index contributed by atoms with van der Waals surface area (Å²) >= 11 is 0. The Labute approximate surface area is 96.2 Å². The minimum Gasteiger partial charge on any atom is -0.374 e. The van der Waals surface area contributed by atoms with E-state index in [-0.39, 0.29) is 12.1 Å². The van der Waals surface area contributed by atoms with Crippen LogP contribution < -0.4 is 5.73 Å².